The van der Waals surface area contributed by atoms with E-state index in [0.29, 0.717) is 29.9 Å². The molecular formula is C21H28IN3O3. The molecule has 0 saturated heterocycles. The molecule has 3 N–H and O–H groups in total. The van der Waals surface area contributed by atoms with Crippen molar-refractivity contribution in [2.24, 2.45) is 10.7 Å². The fourth-order valence-electron chi connectivity index (χ4n) is 3.52. The molecule has 1 aliphatic rings. The van der Waals surface area contributed by atoms with Gasteiger partial charge in [-0.05, 0) is 54.7 Å². The summed E-state index contributed by atoms with van der Waals surface area (Å²) >= 11 is 0. The van der Waals surface area contributed by atoms with Gasteiger partial charge in [0.15, 0.2) is 17.5 Å². The van der Waals surface area contributed by atoms with Gasteiger partial charge in [-0.25, -0.2) is 0 Å². The molecule has 2 aromatic carbocycles. The third kappa shape index (κ3) is 5.21. The molecule has 0 aliphatic heterocycles. The second-order valence-corrected chi connectivity index (χ2v) is 6.57. The van der Waals surface area contributed by atoms with E-state index in [9.17, 15) is 0 Å². The number of nitrogens with two attached hydrogens (primary N) is 1. The van der Waals surface area contributed by atoms with Gasteiger partial charge in [-0.2, -0.15) is 0 Å². The number of hydrogen-bond acceptors (Lipinski definition) is 4. The second kappa shape index (κ2) is 10.4. The zero-order chi connectivity index (χ0) is 19.2. The summed E-state index contributed by atoms with van der Waals surface area (Å²) in [5.41, 5.74) is 9.61. The van der Waals surface area contributed by atoms with Crippen LogP contribution in [-0.2, 0) is 6.42 Å². The number of guanidine groups is 1. The lowest BCUT2D eigenvalue weighted by Crippen LogP contribution is -2.24. The predicted molar refractivity (Wildman–Crippen MR) is 124 cm³/mol. The third-order valence-corrected chi connectivity index (χ3v) is 4.93. The maximum absolute atomic E-state index is 6.10. The first-order chi connectivity index (χ1) is 13.1. The molecule has 0 spiro atoms. The fraction of sp³-hybridized carbons (Fsp3) is 0.381. The number of halogens is 1. The molecule has 7 heteroatoms. The van der Waals surface area contributed by atoms with Crippen LogP contribution in [0, 0.1) is 0 Å². The number of aliphatic imine (C=N–C) groups is 1. The van der Waals surface area contributed by atoms with Gasteiger partial charge in [-0.3, -0.25) is 4.99 Å². The summed E-state index contributed by atoms with van der Waals surface area (Å²) in [6.45, 7) is 0.658. The van der Waals surface area contributed by atoms with E-state index in [1.165, 1.54) is 11.1 Å². The molecule has 3 rings (SSSR count). The van der Waals surface area contributed by atoms with Crippen molar-refractivity contribution in [3.63, 3.8) is 0 Å². The average Bonchev–Trinajstić information content (AvgIpc) is 2.71. The minimum atomic E-state index is 0. The van der Waals surface area contributed by atoms with Crippen molar-refractivity contribution in [3.05, 3.63) is 47.5 Å². The van der Waals surface area contributed by atoms with E-state index in [0.717, 1.165) is 30.7 Å². The molecule has 0 heterocycles. The van der Waals surface area contributed by atoms with Gasteiger partial charge in [0, 0.05) is 24.2 Å². The predicted octanol–water partition coefficient (Wildman–Crippen LogP) is 4.18. The lowest BCUT2D eigenvalue weighted by atomic mass is 9.83. The van der Waals surface area contributed by atoms with Crippen molar-refractivity contribution in [3.8, 4) is 17.2 Å². The first-order valence-corrected chi connectivity index (χ1v) is 9.10. The fourth-order valence-corrected chi connectivity index (χ4v) is 3.52. The maximum atomic E-state index is 6.10. The van der Waals surface area contributed by atoms with E-state index >= 15 is 0 Å². The Balaban J connectivity index is 0.00000280. The van der Waals surface area contributed by atoms with E-state index < -0.39 is 0 Å². The largest absolute Gasteiger partial charge is 0.497 e. The third-order valence-electron chi connectivity index (χ3n) is 4.93. The Morgan fingerprint density at radius 1 is 1.07 bits per heavy atom. The smallest absolute Gasteiger partial charge is 0.193 e. The summed E-state index contributed by atoms with van der Waals surface area (Å²) < 4.78 is 15.9. The van der Waals surface area contributed by atoms with Gasteiger partial charge >= 0.3 is 0 Å². The zero-order valence-electron chi connectivity index (χ0n) is 16.5. The first kappa shape index (κ1) is 22.1. The van der Waals surface area contributed by atoms with Crippen molar-refractivity contribution >= 4 is 35.6 Å². The van der Waals surface area contributed by atoms with Crippen LogP contribution in [0.1, 0.15) is 29.9 Å². The van der Waals surface area contributed by atoms with E-state index in [1.54, 1.807) is 21.3 Å². The Bertz CT molecular complexity index is 827. The van der Waals surface area contributed by atoms with Gasteiger partial charge in [0.2, 0.25) is 0 Å². The van der Waals surface area contributed by atoms with Crippen LogP contribution in [0.25, 0.3) is 0 Å². The lowest BCUT2D eigenvalue weighted by molar-refractivity contribution is 0.355. The number of nitrogens with zero attached hydrogens (tertiary/aromatic N) is 1. The number of hydrogen-bond donors (Lipinski definition) is 2. The Morgan fingerprint density at radius 3 is 2.57 bits per heavy atom. The Labute approximate surface area is 183 Å². The molecule has 6 nitrogen and oxygen atoms in total. The van der Waals surface area contributed by atoms with Crippen LogP contribution in [0.4, 0.5) is 5.69 Å². The highest BCUT2D eigenvalue weighted by Crippen LogP contribution is 2.34. The number of benzene rings is 2. The van der Waals surface area contributed by atoms with Crippen molar-refractivity contribution in [2.45, 2.75) is 25.2 Å². The van der Waals surface area contributed by atoms with Gasteiger partial charge in [0.25, 0.3) is 0 Å². The van der Waals surface area contributed by atoms with Crippen molar-refractivity contribution < 1.29 is 14.2 Å². The van der Waals surface area contributed by atoms with Crippen LogP contribution in [0.3, 0.4) is 0 Å². The molecule has 152 valence electrons. The molecule has 0 amide bonds. The normalized spacial score (nSPS) is 15.8. The van der Waals surface area contributed by atoms with Gasteiger partial charge in [-0.15, -0.1) is 24.0 Å². The summed E-state index contributed by atoms with van der Waals surface area (Å²) in [6, 6.07) is 11.9. The highest BCUT2D eigenvalue weighted by atomic mass is 127. The molecule has 1 unspecified atom stereocenters. The van der Waals surface area contributed by atoms with Gasteiger partial charge in [0.1, 0.15) is 5.75 Å². The minimum absolute atomic E-state index is 0. The minimum Gasteiger partial charge on any atom is -0.497 e. The summed E-state index contributed by atoms with van der Waals surface area (Å²) in [4.78, 5) is 4.56. The van der Waals surface area contributed by atoms with E-state index in [-0.39, 0.29) is 24.0 Å². The molecule has 28 heavy (non-hydrogen) atoms. The Hall–Kier alpha value is -2.16. The van der Waals surface area contributed by atoms with E-state index in [1.807, 2.05) is 24.3 Å². The SMILES string of the molecule is COc1ccc2c(c1)CCCC2CN=C(N)Nc1ccc(OC)c(OC)c1.I. The standard InChI is InChI=1S/C21H27N3O3.HI/c1-25-17-8-9-18-14(11-17)5-4-6-15(18)13-23-21(22)24-16-7-10-19(26-2)20(12-16)27-3;/h7-12,15H,4-6,13H2,1-3H3,(H3,22,23,24);1H. The molecule has 1 atom stereocenters. The summed E-state index contributed by atoms with van der Waals surface area (Å²) in [5.74, 6) is 3.00. The Kier molecular flexibility index (Phi) is 8.22. The quantitative estimate of drug-likeness (QED) is 0.356. The molecule has 0 saturated carbocycles. The molecule has 0 aromatic heterocycles. The van der Waals surface area contributed by atoms with Crippen LogP contribution in [0.15, 0.2) is 41.4 Å². The highest BCUT2D eigenvalue weighted by Gasteiger charge is 2.20. The van der Waals surface area contributed by atoms with Crippen molar-refractivity contribution in [1.82, 2.24) is 0 Å². The molecular weight excluding hydrogens is 469 g/mol. The van der Waals surface area contributed by atoms with E-state index in [4.69, 9.17) is 19.9 Å². The first-order valence-electron chi connectivity index (χ1n) is 9.10. The zero-order valence-corrected chi connectivity index (χ0v) is 18.9. The molecule has 0 radical (unpaired) electrons. The van der Waals surface area contributed by atoms with Crippen LogP contribution in [-0.4, -0.2) is 33.8 Å². The number of methoxy groups -OCH3 is 3. The van der Waals surface area contributed by atoms with Crippen molar-refractivity contribution in [2.75, 3.05) is 33.2 Å². The average molecular weight is 497 g/mol. The lowest BCUT2D eigenvalue weighted by Gasteiger charge is -2.24. The number of fused-ring (bicyclic) bond motifs is 1. The maximum Gasteiger partial charge on any atom is 0.193 e. The van der Waals surface area contributed by atoms with Crippen molar-refractivity contribution in [1.29, 1.82) is 0 Å². The summed E-state index contributed by atoms with van der Waals surface area (Å²) in [7, 11) is 4.92. The van der Waals surface area contributed by atoms with Crippen LogP contribution >= 0.6 is 24.0 Å². The highest BCUT2D eigenvalue weighted by molar-refractivity contribution is 14.0. The van der Waals surface area contributed by atoms with Crippen LogP contribution < -0.4 is 25.3 Å². The van der Waals surface area contributed by atoms with Gasteiger partial charge in [-0.1, -0.05) is 6.07 Å². The van der Waals surface area contributed by atoms with Gasteiger partial charge in [0.05, 0.1) is 21.3 Å². The molecule has 2 aromatic rings. The number of ether oxygens (including phenoxy) is 3. The second-order valence-electron chi connectivity index (χ2n) is 6.57. The monoisotopic (exact) mass is 497 g/mol. The molecule has 0 bridgehead atoms. The summed E-state index contributed by atoms with van der Waals surface area (Å²) in [6.07, 6.45) is 3.36. The van der Waals surface area contributed by atoms with E-state index in [2.05, 4.69) is 22.4 Å². The van der Waals surface area contributed by atoms with Gasteiger partial charge < -0.3 is 25.3 Å². The number of aryl methyl sites for hydroxylation is 1. The molecule has 0 fully saturated rings. The number of nitrogens with one attached hydrogen (secondary N) is 1. The summed E-state index contributed by atoms with van der Waals surface area (Å²) in [5, 5.41) is 3.12. The van der Waals surface area contributed by atoms with Crippen LogP contribution in [0.2, 0.25) is 0 Å². The number of anilines is 1. The topological polar surface area (TPSA) is 78.1 Å². The number of rotatable bonds is 6. The Morgan fingerprint density at radius 2 is 1.86 bits per heavy atom. The van der Waals surface area contributed by atoms with Crippen LogP contribution in [0.5, 0.6) is 17.2 Å². The molecule has 1 aliphatic carbocycles.